The number of benzene rings is 2. The molecule has 0 saturated carbocycles. The van der Waals surface area contributed by atoms with Crippen LogP contribution in [0.5, 0.6) is 11.5 Å². The average molecular weight is 419 g/mol. The van der Waals surface area contributed by atoms with Gasteiger partial charge in [-0.05, 0) is 37.6 Å². The highest BCUT2D eigenvalue weighted by Gasteiger charge is 2.18. The Bertz CT molecular complexity index is 943. The quantitative estimate of drug-likeness (QED) is 0.640. The molecule has 2 aromatic carbocycles. The molecule has 0 unspecified atom stereocenters. The Morgan fingerprint density at radius 1 is 1.03 bits per heavy atom. The summed E-state index contributed by atoms with van der Waals surface area (Å²) in [5.74, 6) is 0.632. The number of ether oxygens (including phenoxy) is 2. The highest BCUT2D eigenvalue weighted by Crippen LogP contribution is 2.30. The molecule has 0 aliphatic heterocycles. The minimum Gasteiger partial charge on any atom is -0.490 e. The molecule has 0 heterocycles. The first-order valence-corrected chi connectivity index (χ1v) is 10.7. The highest BCUT2D eigenvalue weighted by molar-refractivity contribution is 7.92. The molecule has 0 aliphatic rings. The van der Waals surface area contributed by atoms with Crippen LogP contribution in [0.15, 0.2) is 53.9 Å². The summed E-state index contributed by atoms with van der Waals surface area (Å²) in [7, 11) is -2.37. The molecule has 0 bridgehead atoms. The van der Waals surface area contributed by atoms with E-state index >= 15 is 0 Å². The molecule has 7 nitrogen and oxygen atoms in total. The van der Waals surface area contributed by atoms with Crippen molar-refractivity contribution in [2.75, 3.05) is 32.1 Å². The predicted octanol–water partition coefficient (Wildman–Crippen LogP) is 3.36. The van der Waals surface area contributed by atoms with E-state index in [0.717, 1.165) is 15.3 Å². The third-order valence-corrected chi connectivity index (χ3v) is 5.34. The molecule has 8 heteroatoms. The van der Waals surface area contributed by atoms with E-state index in [4.69, 9.17) is 9.47 Å². The first-order chi connectivity index (χ1) is 13.9. The van der Waals surface area contributed by atoms with Gasteiger partial charge in [0.15, 0.2) is 11.5 Å². The van der Waals surface area contributed by atoms with E-state index in [9.17, 15) is 13.2 Å². The van der Waals surface area contributed by atoms with Crippen molar-refractivity contribution in [1.29, 1.82) is 0 Å². The van der Waals surface area contributed by atoms with Crippen LogP contribution in [0.2, 0.25) is 0 Å². The molecule has 156 valence electrons. The Hall–Kier alpha value is -2.84. The van der Waals surface area contributed by atoms with Gasteiger partial charge >= 0.3 is 0 Å². The number of amides is 1. The van der Waals surface area contributed by atoms with Gasteiger partial charge in [0.05, 0.1) is 19.8 Å². The van der Waals surface area contributed by atoms with Crippen molar-refractivity contribution in [2.24, 2.45) is 0 Å². The molecule has 0 saturated heterocycles. The van der Waals surface area contributed by atoms with Gasteiger partial charge < -0.3 is 14.8 Å². The van der Waals surface area contributed by atoms with Gasteiger partial charge in [-0.3, -0.25) is 4.79 Å². The molecule has 0 radical (unpaired) electrons. The van der Waals surface area contributed by atoms with Crippen LogP contribution in [0.3, 0.4) is 0 Å². The number of carbonyl (C=O) groups is 1. The summed E-state index contributed by atoms with van der Waals surface area (Å²) in [5.41, 5.74) is 1.25. The van der Waals surface area contributed by atoms with Crippen LogP contribution in [0.4, 0.5) is 5.69 Å². The van der Waals surface area contributed by atoms with E-state index in [1.165, 1.54) is 13.1 Å². The first kappa shape index (κ1) is 22.4. The molecular weight excluding hydrogens is 392 g/mol. The lowest BCUT2D eigenvalue weighted by molar-refractivity contribution is -0.116. The molecule has 1 N–H and O–H groups in total. The smallest absolute Gasteiger partial charge is 0.239 e. The number of carbonyl (C=O) groups excluding carboxylic acids is 1. The summed E-state index contributed by atoms with van der Waals surface area (Å²) in [6, 6.07) is 14.1. The fourth-order valence-corrected chi connectivity index (χ4v) is 3.29. The van der Waals surface area contributed by atoms with Gasteiger partial charge in [-0.15, -0.1) is 0 Å². The summed E-state index contributed by atoms with van der Waals surface area (Å²) in [5, 5.41) is 3.77. The average Bonchev–Trinajstić information content (AvgIpc) is 2.69. The van der Waals surface area contributed by atoms with Crippen molar-refractivity contribution in [2.45, 2.75) is 13.8 Å². The normalized spacial score (nSPS) is 11.6. The van der Waals surface area contributed by atoms with Crippen molar-refractivity contribution in [1.82, 2.24) is 4.31 Å². The topological polar surface area (TPSA) is 84.9 Å². The molecule has 29 heavy (non-hydrogen) atoms. The minimum atomic E-state index is -3.73. The second kappa shape index (κ2) is 10.6. The fraction of sp³-hybridized carbons (Fsp3) is 0.286. The summed E-state index contributed by atoms with van der Waals surface area (Å²) >= 11 is 0. The van der Waals surface area contributed by atoms with Crippen LogP contribution in [0, 0.1) is 0 Å². The number of nitrogens with zero attached hydrogens (tertiary/aromatic N) is 1. The molecule has 0 atom stereocenters. The summed E-state index contributed by atoms with van der Waals surface area (Å²) in [4.78, 5) is 12.3. The van der Waals surface area contributed by atoms with Crippen LogP contribution in [-0.2, 0) is 14.8 Å². The molecule has 2 rings (SSSR count). The minimum absolute atomic E-state index is 0.321. The lowest BCUT2D eigenvalue weighted by Crippen LogP contribution is -2.33. The zero-order valence-electron chi connectivity index (χ0n) is 16.8. The van der Waals surface area contributed by atoms with Gasteiger partial charge in [0.25, 0.3) is 0 Å². The lowest BCUT2D eigenvalue weighted by atomic mass is 10.2. The van der Waals surface area contributed by atoms with Crippen LogP contribution in [0.1, 0.15) is 19.4 Å². The monoisotopic (exact) mass is 418 g/mol. The van der Waals surface area contributed by atoms with E-state index in [0.29, 0.717) is 30.4 Å². The SMILES string of the molecule is CCOc1ccc(NC(=O)CN(C)S(=O)(=O)/C=C/c2ccccc2)cc1OCC. The summed E-state index contributed by atoms with van der Waals surface area (Å²) in [6.45, 7) is 4.34. The Morgan fingerprint density at radius 3 is 2.34 bits per heavy atom. The Labute approximate surface area is 172 Å². The number of rotatable bonds is 10. The van der Waals surface area contributed by atoms with Gasteiger partial charge in [-0.1, -0.05) is 30.3 Å². The largest absolute Gasteiger partial charge is 0.490 e. The molecule has 0 aromatic heterocycles. The third kappa shape index (κ3) is 6.92. The van der Waals surface area contributed by atoms with Gasteiger partial charge in [-0.2, -0.15) is 4.31 Å². The van der Waals surface area contributed by atoms with E-state index < -0.39 is 15.9 Å². The van der Waals surface area contributed by atoms with Crippen LogP contribution >= 0.6 is 0 Å². The number of anilines is 1. The number of hydrogen-bond acceptors (Lipinski definition) is 5. The van der Waals surface area contributed by atoms with Crippen molar-refractivity contribution >= 4 is 27.7 Å². The maximum Gasteiger partial charge on any atom is 0.239 e. The molecule has 2 aromatic rings. The van der Waals surface area contributed by atoms with Crippen molar-refractivity contribution in [3.05, 3.63) is 59.5 Å². The molecule has 1 amide bonds. The second-order valence-electron chi connectivity index (χ2n) is 6.09. The summed E-state index contributed by atoms with van der Waals surface area (Å²) in [6.07, 6.45) is 1.49. The van der Waals surface area contributed by atoms with Gasteiger partial charge in [0.2, 0.25) is 15.9 Å². The highest BCUT2D eigenvalue weighted by atomic mass is 32.2. The number of hydrogen-bond donors (Lipinski definition) is 1. The van der Waals surface area contributed by atoms with E-state index in [2.05, 4.69) is 5.32 Å². The number of nitrogens with one attached hydrogen (secondary N) is 1. The van der Waals surface area contributed by atoms with E-state index in [1.54, 1.807) is 30.3 Å². The maximum absolute atomic E-state index is 12.4. The number of sulfonamides is 1. The standard InChI is InChI=1S/C21H26N2O5S/c1-4-27-19-12-11-18(15-20(19)28-5-2)22-21(24)16-23(3)29(25,26)14-13-17-9-7-6-8-10-17/h6-15H,4-5,16H2,1-3H3,(H,22,24)/b14-13+. The Balaban J connectivity index is 2.02. The Morgan fingerprint density at radius 2 is 1.69 bits per heavy atom. The van der Waals surface area contributed by atoms with Crippen molar-refractivity contribution in [3.8, 4) is 11.5 Å². The van der Waals surface area contributed by atoms with Gasteiger partial charge in [-0.25, -0.2) is 8.42 Å². The molecular formula is C21H26N2O5S. The zero-order valence-corrected chi connectivity index (χ0v) is 17.6. The zero-order chi connectivity index (χ0) is 21.3. The van der Waals surface area contributed by atoms with Crippen LogP contribution in [-0.4, -0.2) is 45.4 Å². The number of likely N-dealkylation sites (N-methyl/N-ethyl adjacent to an activating group) is 1. The molecule has 0 aliphatic carbocycles. The van der Waals surface area contributed by atoms with Crippen LogP contribution in [0.25, 0.3) is 6.08 Å². The molecule has 0 fully saturated rings. The van der Waals surface area contributed by atoms with Gasteiger partial charge in [0, 0.05) is 24.2 Å². The lowest BCUT2D eigenvalue weighted by Gasteiger charge is -2.16. The third-order valence-electron chi connectivity index (χ3n) is 3.86. The summed E-state index contributed by atoms with van der Waals surface area (Å²) < 4.78 is 36.7. The van der Waals surface area contributed by atoms with Crippen molar-refractivity contribution < 1.29 is 22.7 Å². The maximum atomic E-state index is 12.4. The fourth-order valence-electron chi connectivity index (χ4n) is 2.45. The second-order valence-corrected chi connectivity index (χ2v) is 8.02. The predicted molar refractivity (Wildman–Crippen MR) is 114 cm³/mol. The van der Waals surface area contributed by atoms with E-state index in [1.807, 2.05) is 32.0 Å². The molecule has 0 spiro atoms. The Kier molecular flexibility index (Phi) is 8.23. The first-order valence-electron chi connectivity index (χ1n) is 9.24. The van der Waals surface area contributed by atoms with Crippen LogP contribution < -0.4 is 14.8 Å². The van der Waals surface area contributed by atoms with Crippen molar-refractivity contribution in [3.63, 3.8) is 0 Å². The van der Waals surface area contributed by atoms with Gasteiger partial charge in [0.1, 0.15) is 0 Å². The van der Waals surface area contributed by atoms with E-state index in [-0.39, 0.29) is 6.54 Å².